The standard InChI is InChI=1S/C38H52N4O8/c1-5-25-19-37(9-10-37)22-41(25)35(44)27-15-31(46-3)33(17-29(27)39)48-13-7-6-8-14-49-34-18-30(40)28(16-32(34)47-4)36(45)42-23-38(11-12-38)20-26(42)21-50-24(2)43/h15-18,25-26H,5-14,19-23,39-40H2,1-4H3/t25-,26+/m1/s1. The number of ether oxygens (including phenoxy) is 5. The smallest absolute Gasteiger partial charge is 0.302 e. The van der Waals surface area contributed by atoms with E-state index in [1.807, 2.05) is 4.90 Å². The van der Waals surface area contributed by atoms with Crippen molar-refractivity contribution >= 4 is 29.2 Å². The summed E-state index contributed by atoms with van der Waals surface area (Å²) in [6.07, 6.45) is 9.73. The van der Waals surface area contributed by atoms with Crippen LogP contribution in [0.4, 0.5) is 11.4 Å². The van der Waals surface area contributed by atoms with Gasteiger partial charge in [0.25, 0.3) is 11.8 Å². The maximum absolute atomic E-state index is 13.7. The average Bonchev–Trinajstić information content (AvgIpc) is 3.96. The highest BCUT2D eigenvalue weighted by Gasteiger charge is 2.54. The Balaban J connectivity index is 0.980. The van der Waals surface area contributed by atoms with E-state index in [1.165, 1.54) is 26.9 Å². The number of carbonyl (C=O) groups is 3. The molecule has 2 saturated heterocycles. The first-order valence-electron chi connectivity index (χ1n) is 18.0. The summed E-state index contributed by atoms with van der Waals surface area (Å²) in [6.45, 7) is 5.99. The molecule has 50 heavy (non-hydrogen) atoms. The SMILES string of the molecule is CC[C@@H]1CC2(CC2)CN1C(=O)c1cc(OC)c(OCCCCCOc2cc(N)c(C(=O)N3CC4(CC4)C[C@H]3COC(C)=O)cc2OC)cc1N. The third-order valence-corrected chi connectivity index (χ3v) is 11.1. The third kappa shape index (κ3) is 7.54. The van der Waals surface area contributed by atoms with Crippen molar-refractivity contribution in [3.8, 4) is 23.0 Å². The summed E-state index contributed by atoms with van der Waals surface area (Å²) < 4.78 is 28.5. The van der Waals surface area contributed by atoms with Gasteiger partial charge in [0.1, 0.15) is 6.61 Å². The van der Waals surface area contributed by atoms with Gasteiger partial charge in [0.2, 0.25) is 0 Å². The molecule has 2 aromatic rings. The number of anilines is 2. The first-order chi connectivity index (χ1) is 24.0. The molecule has 2 amide bonds. The number of unbranched alkanes of at least 4 members (excludes halogenated alkanes) is 2. The van der Waals surface area contributed by atoms with Crippen LogP contribution in [0.15, 0.2) is 24.3 Å². The molecule has 12 heteroatoms. The largest absolute Gasteiger partial charge is 0.493 e. The van der Waals surface area contributed by atoms with Crippen molar-refractivity contribution in [1.82, 2.24) is 9.80 Å². The number of rotatable bonds is 15. The molecule has 2 spiro atoms. The summed E-state index contributed by atoms with van der Waals surface area (Å²) in [5, 5.41) is 0. The quantitative estimate of drug-likeness (QED) is 0.140. The molecule has 2 heterocycles. The molecule has 2 aromatic carbocycles. The van der Waals surface area contributed by atoms with Gasteiger partial charge >= 0.3 is 5.97 Å². The Kier molecular flexibility index (Phi) is 10.3. The number of hydrogen-bond donors (Lipinski definition) is 2. The van der Waals surface area contributed by atoms with Gasteiger partial charge in [-0.2, -0.15) is 0 Å². The minimum absolute atomic E-state index is 0.0365. The van der Waals surface area contributed by atoms with Crippen molar-refractivity contribution in [2.24, 2.45) is 10.8 Å². The lowest BCUT2D eigenvalue weighted by Crippen LogP contribution is -2.39. The highest BCUT2D eigenvalue weighted by Crippen LogP contribution is 2.56. The highest BCUT2D eigenvalue weighted by atomic mass is 16.5. The van der Waals surface area contributed by atoms with Crippen LogP contribution in [0, 0.1) is 10.8 Å². The minimum Gasteiger partial charge on any atom is -0.493 e. The van der Waals surface area contributed by atoms with E-state index in [-0.39, 0.29) is 41.9 Å². The predicted octanol–water partition coefficient (Wildman–Crippen LogP) is 5.46. The van der Waals surface area contributed by atoms with E-state index < -0.39 is 0 Å². The Bertz CT molecular complexity index is 1600. The lowest BCUT2D eigenvalue weighted by Gasteiger charge is -2.25. The molecule has 12 nitrogen and oxygen atoms in total. The molecular weight excluding hydrogens is 640 g/mol. The molecule has 2 aliphatic carbocycles. The fourth-order valence-electron chi connectivity index (χ4n) is 7.73. The summed E-state index contributed by atoms with van der Waals surface area (Å²) in [6, 6.07) is 6.75. The predicted molar refractivity (Wildman–Crippen MR) is 189 cm³/mol. The van der Waals surface area contributed by atoms with Crippen molar-refractivity contribution in [2.75, 3.05) is 58.6 Å². The zero-order chi connectivity index (χ0) is 35.6. The van der Waals surface area contributed by atoms with Crippen LogP contribution in [0.1, 0.15) is 98.8 Å². The van der Waals surface area contributed by atoms with Crippen LogP contribution in [-0.2, 0) is 9.53 Å². The van der Waals surface area contributed by atoms with Crippen LogP contribution >= 0.6 is 0 Å². The number of likely N-dealkylation sites (tertiary alicyclic amines) is 2. The van der Waals surface area contributed by atoms with Gasteiger partial charge in [0, 0.05) is 49.6 Å². The lowest BCUT2D eigenvalue weighted by molar-refractivity contribution is -0.142. The topological polar surface area (TPSA) is 156 Å². The lowest BCUT2D eigenvalue weighted by atomic mass is 10.0. The highest BCUT2D eigenvalue weighted by molar-refractivity contribution is 6.01. The molecule has 0 bridgehead atoms. The second-order valence-electron chi connectivity index (χ2n) is 14.7. The molecule has 0 aromatic heterocycles. The molecule has 0 unspecified atom stereocenters. The van der Waals surface area contributed by atoms with Crippen molar-refractivity contribution in [2.45, 2.75) is 90.1 Å². The molecule has 4 fully saturated rings. The first kappa shape index (κ1) is 35.5. The van der Waals surface area contributed by atoms with Crippen LogP contribution < -0.4 is 30.4 Å². The normalized spacial score (nSPS) is 21.0. The van der Waals surface area contributed by atoms with E-state index in [2.05, 4.69) is 6.92 Å². The van der Waals surface area contributed by atoms with Gasteiger partial charge in [0.15, 0.2) is 23.0 Å². The van der Waals surface area contributed by atoms with E-state index in [4.69, 9.17) is 35.2 Å². The number of carbonyl (C=O) groups excluding carboxylic acids is 3. The number of esters is 1. The van der Waals surface area contributed by atoms with Gasteiger partial charge in [-0.1, -0.05) is 6.92 Å². The third-order valence-electron chi connectivity index (χ3n) is 11.1. The summed E-state index contributed by atoms with van der Waals surface area (Å²) in [5.41, 5.74) is 14.7. The number of nitrogen functional groups attached to an aromatic ring is 2. The van der Waals surface area contributed by atoms with Gasteiger partial charge in [-0.15, -0.1) is 0 Å². The van der Waals surface area contributed by atoms with E-state index in [9.17, 15) is 14.4 Å². The molecule has 0 radical (unpaired) electrons. The Morgan fingerprint density at radius 2 is 1.18 bits per heavy atom. The summed E-state index contributed by atoms with van der Waals surface area (Å²) >= 11 is 0. The van der Waals surface area contributed by atoms with Gasteiger partial charge in [0.05, 0.1) is 44.6 Å². The molecule has 4 aliphatic rings. The summed E-state index contributed by atoms with van der Waals surface area (Å²) in [4.78, 5) is 42.4. The zero-order valence-corrected chi connectivity index (χ0v) is 29.9. The second kappa shape index (κ2) is 14.5. The molecule has 2 saturated carbocycles. The first-order valence-corrected chi connectivity index (χ1v) is 18.0. The van der Waals surface area contributed by atoms with Crippen molar-refractivity contribution in [1.29, 1.82) is 0 Å². The summed E-state index contributed by atoms with van der Waals surface area (Å²) in [7, 11) is 3.10. The Morgan fingerprint density at radius 1 is 0.720 bits per heavy atom. The molecule has 2 aliphatic heterocycles. The minimum atomic E-state index is -0.359. The number of methoxy groups -OCH3 is 2. The Morgan fingerprint density at radius 3 is 1.60 bits per heavy atom. The fourth-order valence-corrected chi connectivity index (χ4v) is 7.73. The number of hydrogen-bond acceptors (Lipinski definition) is 10. The molecule has 6 rings (SSSR count). The number of benzene rings is 2. The van der Waals surface area contributed by atoms with E-state index in [0.29, 0.717) is 70.7 Å². The second-order valence-corrected chi connectivity index (χ2v) is 14.7. The number of amides is 2. The van der Waals surface area contributed by atoms with Gasteiger partial charge < -0.3 is 45.0 Å². The summed E-state index contributed by atoms with van der Waals surface area (Å²) in [5.74, 6) is 1.30. The van der Waals surface area contributed by atoms with Crippen LogP contribution in [0.2, 0.25) is 0 Å². The van der Waals surface area contributed by atoms with Crippen molar-refractivity contribution in [3.05, 3.63) is 35.4 Å². The van der Waals surface area contributed by atoms with Crippen LogP contribution in [-0.4, -0.2) is 86.8 Å². The van der Waals surface area contributed by atoms with Crippen molar-refractivity contribution in [3.63, 3.8) is 0 Å². The Labute approximate surface area is 294 Å². The number of nitrogens with zero attached hydrogens (tertiary/aromatic N) is 2. The molecule has 272 valence electrons. The van der Waals surface area contributed by atoms with Crippen LogP contribution in [0.3, 0.4) is 0 Å². The molecular formula is C38H52N4O8. The maximum Gasteiger partial charge on any atom is 0.302 e. The van der Waals surface area contributed by atoms with Gasteiger partial charge in [-0.05, 0) is 87.2 Å². The maximum atomic E-state index is 13.7. The average molecular weight is 693 g/mol. The van der Waals surface area contributed by atoms with E-state index in [0.717, 1.165) is 57.9 Å². The zero-order valence-electron chi connectivity index (χ0n) is 29.9. The molecule has 4 N–H and O–H groups in total. The number of nitrogens with two attached hydrogens (primary N) is 2. The monoisotopic (exact) mass is 692 g/mol. The van der Waals surface area contributed by atoms with E-state index >= 15 is 0 Å². The van der Waals surface area contributed by atoms with Gasteiger partial charge in [-0.3, -0.25) is 14.4 Å². The van der Waals surface area contributed by atoms with Crippen LogP contribution in [0.5, 0.6) is 23.0 Å². The van der Waals surface area contributed by atoms with Crippen molar-refractivity contribution < 1.29 is 38.1 Å². The fraction of sp³-hybridized carbons (Fsp3) is 0.605. The van der Waals surface area contributed by atoms with Crippen LogP contribution in [0.25, 0.3) is 0 Å². The molecule has 2 atom stereocenters. The Hall–Kier alpha value is -4.35. The van der Waals surface area contributed by atoms with E-state index in [1.54, 1.807) is 36.3 Å². The van der Waals surface area contributed by atoms with Gasteiger partial charge in [-0.25, -0.2) is 0 Å².